The van der Waals surface area contributed by atoms with Crippen molar-refractivity contribution in [2.24, 2.45) is 0 Å². The van der Waals surface area contributed by atoms with Crippen LogP contribution in [0.5, 0.6) is 5.75 Å². The maximum absolute atomic E-state index is 8.53. The van der Waals surface area contributed by atoms with Gasteiger partial charge in [-0.1, -0.05) is 32.0 Å². The van der Waals surface area contributed by atoms with Crippen molar-refractivity contribution in [2.45, 2.75) is 27.2 Å². The topological polar surface area (TPSA) is 29.5 Å². The van der Waals surface area contributed by atoms with E-state index in [4.69, 9.17) is 9.84 Å². The molecule has 0 saturated heterocycles. The fourth-order valence-corrected chi connectivity index (χ4v) is 0.965. The highest BCUT2D eigenvalue weighted by atomic mass is 16.5. The number of para-hydroxylation sites is 1. The third kappa shape index (κ3) is 4.87. The van der Waals surface area contributed by atoms with Crippen molar-refractivity contribution in [3.8, 4) is 5.75 Å². The summed E-state index contributed by atoms with van der Waals surface area (Å²) in [6, 6.07) is 7.87. The summed E-state index contributed by atoms with van der Waals surface area (Å²) < 4.78 is 5.42. The lowest BCUT2D eigenvalue weighted by Crippen LogP contribution is -2.00. The number of aliphatic hydroxyl groups excluding tert-OH is 1. The van der Waals surface area contributed by atoms with Crippen molar-refractivity contribution in [1.29, 1.82) is 0 Å². The Balaban J connectivity index is 0.000000791. The van der Waals surface area contributed by atoms with E-state index < -0.39 is 0 Å². The summed E-state index contributed by atoms with van der Waals surface area (Å²) in [5, 5.41) is 8.53. The van der Waals surface area contributed by atoms with Gasteiger partial charge >= 0.3 is 0 Å². The van der Waals surface area contributed by atoms with E-state index in [0.717, 1.165) is 11.3 Å². The lowest BCUT2D eigenvalue weighted by Gasteiger charge is -2.06. The third-order valence-corrected chi connectivity index (χ3v) is 1.65. The molecule has 0 aliphatic heterocycles. The normalized spacial score (nSPS) is 8.86. The average Bonchev–Trinajstić information content (AvgIpc) is 2.24. The second kappa shape index (κ2) is 8.57. The SMILES string of the molecule is CC.Cc1ccccc1OCCCO. The van der Waals surface area contributed by atoms with Crippen LogP contribution in [-0.4, -0.2) is 18.3 Å². The number of aliphatic hydroxyl groups is 1. The molecule has 0 aliphatic rings. The zero-order valence-corrected chi connectivity index (χ0v) is 9.29. The first-order valence-corrected chi connectivity index (χ1v) is 5.14. The van der Waals surface area contributed by atoms with Gasteiger partial charge in [-0.3, -0.25) is 0 Å². The fraction of sp³-hybridized carbons (Fsp3) is 0.500. The van der Waals surface area contributed by atoms with E-state index in [9.17, 15) is 0 Å². The molecule has 0 spiro atoms. The van der Waals surface area contributed by atoms with Crippen LogP contribution in [0, 0.1) is 6.92 Å². The fourth-order valence-electron chi connectivity index (χ4n) is 0.965. The molecule has 0 unspecified atom stereocenters. The van der Waals surface area contributed by atoms with Crippen LogP contribution in [0.4, 0.5) is 0 Å². The first kappa shape index (κ1) is 13.0. The largest absolute Gasteiger partial charge is 0.493 e. The molecule has 0 amide bonds. The molecule has 0 bridgehead atoms. The molecule has 1 aromatic rings. The van der Waals surface area contributed by atoms with Gasteiger partial charge in [-0.25, -0.2) is 0 Å². The molecule has 14 heavy (non-hydrogen) atoms. The second-order valence-corrected chi connectivity index (χ2v) is 2.69. The maximum Gasteiger partial charge on any atom is 0.122 e. The Morgan fingerprint density at radius 1 is 1.21 bits per heavy atom. The number of benzene rings is 1. The van der Waals surface area contributed by atoms with Crippen LogP contribution in [0.25, 0.3) is 0 Å². The number of ether oxygens (including phenoxy) is 1. The standard InChI is InChI=1S/C10H14O2.C2H6/c1-9-5-2-3-6-10(9)12-8-4-7-11;1-2/h2-3,5-6,11H,4,7-8H2,1H3;1-2H3. The minimum absolute atomic E-state index is 0.186. The first-order valence-electron chi connectivity index (χ1n) is 5.14. The van der Waals surface area contributed by atoms with Crippen LogP contribution in [0.2, 0.25) is 0 Å². The molecular formula is C12H20O2. The molecule has 0 fully saturated rings. The monoisotopic (exact) mass is 196 g/mol. The molecule has 0 aliphatic carbocycles. The van der Waals surface area contributed by atoms with Crippen molar-refractivity contribution >= 4 is 0 Å². The minimum atomic E-state index is 0.186. The van der Waals surface area contributed by atoms with Gasteiger partial charge in [0.1, 0.15) is 5.75 Å². The zero-order valence-electron chi connectivity index (χ0n) is 9.29. The van der Waals surface area contributed by atoms with Crippen molar-refractivity contribution in [3.05, 3.63) is 29.8 Å². The molecule has 2 heteroatoms. The van der Waals surface area contributed by atoms with Gasteiger partial charge in [0.05, 0.1) is 6.61 Å². The van der Waals surface area contributed by atoms with E-state index in [1.165, 1.54) is 0 Å². The molecule has 2 nitrogen and oxygen atoms in total. The minimum Gasteiger partial charge on any atom is -0.493 e. The van der Waals surface area contributed by atoms with Crippen LogP contribution in [0.3, 0.4) is 0 Å². The van der Waals surface area contributed by atoms with Crippen molar-refractivity contribution in [2.75, 3.05) is 13.2 Å². The zero-order chi connectivity index (χ0) is 10.8. The Kier molecular flexibility index (Phi) is 7.95. The summed E-state index contributed by atoms with van der Waals surface area (Å²) in [6.07, 6.45) is 0.689. The van der Waals surface area contributed by atoms with E-state index in [1.54, 1.807) is 0 Å². The number of hydrogen-bond donors (Lipinski definition) is 1. The highest BCUT2D eigenvalue weighted by Gasteiger charge is 1.95. The summed E-state index contributed by atoms with van der Waals surface area (Å²) in [7, 11) is 0. The molecule has 0 heterocycles. The predicted molar refractivity (Wildman–Crippen MR) is 59.7 cm³/mol. The van der Waals surface area contributed by atoms with Gasteiger partial charge in [-0.2, -0.15) is 0 Å². The summed E-state index contributed by atoms with van der Waals surface area (Å²) in [4.78, 5) is 0. The van der Waals surface area contributed by atoms with Crippen LogP contribution < -0.4 is 4.74 Å². The summed E-state index contributed by atoms with van der Waals surface area (Å²) in [5.41, 5.74) is 1.13. The van der Waals surface area contributed by atoms with E-state index in [-0.39, 0.29) is 6.61 Å². The smallest absolute Gasteiger partial charge is 0.122 e. The van der Waals surface area contributed by atoms with E-state index >= 15 is 0 Å². The van der Waals surface area contributed by atoms with Crippen molar-refractivity contribution in [3.63, 3.8) is 0 Å². The predicted octanol–water partition coefficient (Wildman–Crippen LogP) is 2.78. The molecule has 0 aromatic heterocycles. The quantitative estimate of drug-likeness (QED) is 0.750. The summed E-state index contributed by atoms with van der Waals surface area (Å²) in [6.45, 7) is 6.78. The first-order chi connectivity index (χ1) is 6.84. The second-order valence-electron chi connectivity index (χ2n) is 2.69. The van der Waals surface area contributed by atoms with Gasteiger partial charge in [-0.05, 0) is 18.6 Å². The maximum atomic E-state index is 8.53. The van der Waals surface area contributed by atoms with Gasteiger partial charge in [0, 0.05) is 13.0 Å². The average molecular weight is 196 g/mol. The lowest BCUT2D eigenvalue weighted by atomic mass is 10.2. The van der Waals surface area contributed by atoms with Crippen LogP contribution in [0.15, 0.2) is 24.3 Å². The molecule has 0 saturated carbocycles. The molecule has 80 valence electrons. The summed E-state index contributed by atoms with van der Waals surface area (Å²) in [5.74, 6) is 0.908. The molecule has 0 radical (unpaired) electrons. The Labute approximate surface area is 86.5 Å². The Hall–Kier alpha value is -1.02. The molecule has 0 atom stereocenters. The highest BCUT2D eigenvalue weighted by molar-refractivity contribution is 5.31. The van der Waals surface area contributed by atoms with Gasteiger partial charge in [0.15, 0.2) is 0 Å². The third-order valence-electron chi connectivity index (χ3n) is 1.65. The number of hydrogen-bond acceptors (Lipinski definition) is 2. The number of rotatable bonds is 4. The number of aryl methyl sites for hydroxylation is 1. The Bertz CT molecular complexity index is 234. The molecule has 1 aromatic carbocycles. The molecule has 1 N–H and O–H groups in total. The Morgan fingerprint density at radius 3 is 2.43 bits per heavy atom. The van der Waals surface area contributed by atoms with Crippen LogP contribution in [-0.2, 0) is 0 Å². The van der Waals surface area contributed by atoms with Crippen molar-refractivity contribution < 1.29 is 9.84 Å². The lowest BCUT2D eigenvalue weighted by molar-refractivity contribution is 0.233. The van der Waals surface area contributed by atoms with Crippen LogP contribution in [0.1, 0.15) is 25.8 Å². The van der Waals surface area contributed by atoms with E-state index in [2.05, 4.69) is 0 Å². The van der Waals surface area contributed by atoms with Gasteiger partial charge in [-0.15, -0.1) is 0 Å². The van der Waals surface area contributed by atoms with Gasteiger partial charge in [0.2, 0.25) is 0 Å². The molecule has 1 rings (SSSR count). The van der Waals surface area contributed by atoms with Crippen LogP contribution >= 0.6 is 0 Å². The van der Waals surface area contributed by atoms with Gasteiger partial charge in [0.25, 0.3) is 0 Å². The molecular weight excluding hydrogens is 176 g/mol. The van der Waals surface area contributed by atoms with E-state index in [1.807, 2.05) is 45.0 Å². The van der Waals surface area contributed by atoms with Crippen molar-refractivity contribution in [1.82, 2.24) is 0 Å². The van der Waals surface area contributed by atoms with E-state index in [0.29, 0.717) is 13.0 Å². The summed E-state index contributed by atoms with van der Waals surface area (Å²) >= 11 is 0. The van der Waals surface area contributed by atoms with Gasteiger partial charge < -0.3 is 9.84 Å². The highest BCUT2D eigenvalue weighted by Crippen LogP contribution is 2.15. The Morgan fingerprint density at radius 2 is 1.86 bits per heavy atom.